The number of hydrogen-bond acceptors (Lipinski definition) is 5. The Bertz CT molecular complexity index is 1050. The van der Waals surface area contributed by atoms with Crippen LogP contribution in [-0.2, 0) is 9.53 Å². The molecule has 7 nitrogen and oxygen atoms in total. The fourth-order valence-corrected chi connectivity index (χ4v) is 3.54. The number of fused-ring (bicyclic) bond motifs is 1. The van der Waals surface area contributed by atoms with Gasteiger partial charge in [-0.25, -0.2) is 9.69 Å². The molecule has 8 heteroatoms. The van der Waals surface area contributed by atoms with Crippen LogP contribution in [-0.4, -0.2) is 36.3 Å². The first-order valence-electron chi connectivity index (χ1n) is 9.60. The number of ether oxygens (including phenoxy) is 1. The van der Waals surface area contributed by atoms with E-state index in [0.717, 1.165) is 17.7 Å². The van der Waals surface area contributed by atoms with Crippen LogP contribution in [0.25, 0.3) is 0 Å². The minimum atomic E-state index is -0.739. The van der Waals surface area contributed by atoms with E-state index in [0.29, 0.717) is 16.6 Å². The molecule has 1 fully saturated rings. The van der Waals surface area contributed by atoms with Gasteiger partial charge in [0.05, 0.1) is 22.4 Å². The first-order valence-corrected chi connectivity index (χ1v) is 9.98. The van der Waals surface area contributed by atoms with Gasteiger partial charge in [-0.1, -0.05) is 11.6 Å². The van der Waals surface area contributed by atoms with Gasteiger partial charge in [-0.3, -0.25) is 14.4 Å². The van der Waals surface area contributed by atoms with Crippen molar-refractivity contribution in [1.29, 1.82) is 0 Å². The lowest BCUT2D eigenvalue weighted by molar-refractivity contribution is -0.125. The number of anilines is 1. The lowest BCUT2D eigenvalue weighted by atomic mass is 10.1. The SMILES string of the molecule is CC(NC(=O)COC(=O)c1ccc2c(c1)C(=O)N(c1ccc(Cl)cc1)C2=O)C1CC1. The number of nitrogens with one attached hydrogen (secondary N) is 1. The molecular weight excluding hydrogens is 408 g/mol. The zero-order valence-corrected chi connectivity index (χ0v) is 16.9. The third kappa shape index (κ3) is 3.93. The molecule has 154 valence electrons. The monoisotopic (exact) mass is 426 g/mol. The second-order valence-corrected chi connectivity index (χ2v) is 7.89. The van der Waals surface area contributed by atoms with Crippen LogP contribution in [0, 0.1) is 5.92 Å². The predicted molar refractivity (Wildman–Crippen MR) is 110 cm³/mol. The number of rotatable bonds is 6. The lowest BCUT2D eigenvalue weighted by Gasteiger charge is -2.13. The van der Waals surface area contributed by atoms with Gasteiger partial charge in [0.25, 0.3) is 17.7 Å². The summed E-state index contributed by atoms with van der Waals surface area (Å²) in [5.74, 6) is -1.64. The Labute approximate surface area is 177 Å². The number of carbonyl (C=O) groups is 4. The standard InChI is InChI=1S/C22H19ClN2O5/c1-12(13-2-3-13)24-19(26)11-30-22(29)14-4-9-17-18(10-14)21(28)25(20(17)27)16-7-5-15(23)6-8-16/h4-10,12-13H,2-3,11H2,1H3,(H,24,26). The normalized spacial score (nSPS) is 16.3. The lowest BCUT2D eigenvalue weighted by Crippen LogP contribution is -2.37. The molecule has 1 N–H and O–H groups in total. The smallest absolute Gasteiger partial charge is 0.338 e. The molecule has 1 saturated carbocycles. The Morgan fingerprint density at radius 2 is 1.77 bits per heavy atom. The number of benzene rings is 2. The molecule has 0 spiro atoms. The van der Waals surface area contributed by atoms with Crippen molar-refractivity contribution < 1.29 is 23.9 Å². The van der Waals surface area contributed by atoms with Crippen LogP contribution in [0.5, 0.6) is 0 Å². The Balaban J connectivity index is 1.45. The van der Waals surface area contributed by atoms with E-state index in [2.05, 4.69) is 5.32 Å². The average Bonchev–Trinajstić information content (AvgIpc) is 3.55. The Morgan fingerprint density at radius 1 is 1.10 bits per heavy atom. The summed E-state index contributed by atoms with van der Waals surface area (Å²) < 4.78 is 5.06. The maximum Gasteiger partial charge on any atom is 0.338 e. The summed E-state index contributed by atoms with van der Waals surface area (Å²) >= 11 is 5.87. The van der Waals surface area contributed by atoms with Crippen molar-refractivity contribution in [2.24, 2.45) is 5.92 Å². The predicted octanol–water partition coefficient (Wildman–Crippen LogP) is 3.21. The molecule has 3 amide bonds. The second kappa shape index (κ2) is 7.91. The summed E-state index contributed by atoms with van der Waals surface area (Å²) in [6, 6.07) is 10.5. The Morgan fingerprint density at radius 3 is 2.43 bits per heavy atom. The van der Waals surface area contributed by atoms with Gasteiger partial charge in [0.15, 0.2) is 6.61 Å². The van der Waals surface area contributed by atoms with E-state index in [1.807, 2.05) is 6.92 Å². The van der Waals surface area contributed by atoms with Gasteiger partial charge in [0.1, 0.15) is 0 Å². The minimum Gasteiger partial charge on any atom is -0.452 e. The van der Waals surface area contributed by atoms with Crippen LogP contribution in [0.4, 0.5) is 5.69 Å². The molecule has 2 aliphatic rings. The highest BCUT2D eigenvalue weighted by molar-refractivity contribution is 6.35. The molecule has 1 heterocycles. The summed E-state index contributed by atoms with van der Waals surface area (Å²) in [5, 5.41) is 3.28. The van der Waals surface area contributed by atoms with E-state index >= 15 is 0 Å². The van der Waals surface area contributed by atoms with E-state index in [1.54, 1.807) is 24.3 Å². The minimum absolute atomic E-state index is 0.0543. The van der Waals surface area contributed by atoms with Gasteiger partial charge in [0, 0.05) is 11.1 Å². The molecule has 1 unspecified atom stereocenters. The molecule has 4 rings (SSSR count). The van der Waals surface area contributed by atoms with Crippen molar-refractivity contribution >= 4 is 41.0 Å². The van der Waals surface area contributed by atoms with E-state index in [1.165, 1.54) is 18.2 Å². The molecule has 0 saturated heterocycles. The van der Waals surface area contributed by atoms with Crippen molar-refractivity contribution in [1.82, 2.24) is 5.32 Å². The van der Waals surface area contributed by atoms with Crippen LogP contribution < -0.4 is 10.2 Å². The quantitative estimate of drug-likeness (QED) is 0.565. The average molecular weight is 427 g/mol. The zero-order valence-electron chi connectivity index (χ0n) is 16.2. The molecule has 1 atom stereocenters. The van der Waals surface area contributed by atoms with Gasteiger partial charge in [-0.2, -0.15) is 0 Å². The van der Waals surface area contributed by atoms with Gasteiger partial charge < -0.3 is 10.1 Å². The van der Waals surface area contributed by atoms with Crippen LogP contribution in [0.15, 0.2) is 42.5 Å². The molecule has 2 aromatic rings. The highest BCUT2D eigenvalue weighted by atomic mass is 35.5. The summed E-state index contributed by atoms with van der Waals surface area (Å²) in [4.78, 5) is 50.7. The summed E-state index contributed by atoms with van der Waals surface area (Å²) in [5.41, 5.74) is 0.783. The molecule has 30 heavy (non-hydrogen) atoms. The van der Waals surface area contributed by atoms with E-state index in [9.17, 15) is 19.2 Å². The fourth-order valence-electron chi connectivity index (χ4n) is 3.42. The third-order valence-corrected chi connectivity index (χ3v) is 5.51. The van der Waals surface area contributed by atoms with Crippen LogP contribution >= 0.6 is 11.6 Å². The van der Waals surface area contributed by atoms with E-state index in [-0.39, 0.29) is 28.6 Å². The first-order chi connectivity index (χ1) is 14.3. The van der Waals surface area contributed by atoms with Crippen LogP contribution in [0.1, 0.15) is 50.8 Å². The number of amides is 3. The largest absolute Gasteiger partial charge is 0.452 e. The number of nitrogens with zero attached hydrogens (tertiary/aromatic N) is 1. The number of imide groups is 1. The maximum atomic E-state index is 12.8. The van der Waals surface area contributed by atoms with Crippen molar-refractivity contribution in [2.45, 2.75) is 25.8 Å². The van der Waals surface area contributed by atoms with E-state index in [4.69, 9.17) is 16.3 Å². The third-order valence-electron chi connectivity index (χ3n) is 5.26. The maximum absolute atomic E-state index is 12.8. The molecular formula is C22H19ClN2O5. The van der Waals surface area contributed by atoms with Crippen molar-refractivity contribution in [2.75, 3.05) is 11.5 Å². The van der Waals surface area contributed by atoms with Crippen LogP contribution in [0.2, 0.25) is 5.02 Å². The number of carbonyl (C=O) groups excluding carboxylic acids is 4. The van der Waals surface area contributed by atoms with Crippen LogP contribution in [0.3, 0.4) is 0 Å². The number of hydrogen-bond donors (Lipinski definition) is 1. The molecule has 0 aromatic heterocycles. The van der Waals surface area contributed by atoms with Crippen molar-refractivity contribution in [3.05, 3.63) is 64.2 Å². The molecule has 1 aliphatic carbocycles. The Kier molecular flexibility index (Phi) is 5.30. The number of halogens is 1. The van der Waals surface area contributed by atoms with Gasteiger partial charge >= 0.3 is 5.97 Å². The molecule has 0 radical (unpaired) electrons. The summed E-state index contributed by atoms with van der Waals surface area (Å²) in [6.07, 6.45) is 2.19. The Hall–Kier alpha value is -3.19. The molecule has 2 aromatic carbocycles. The molecule has 0 bridgehead atoms. The van der Waals surface area contributed by atoms with Gasteiger partial charge in [-0.15, -0.1) is 0 Å². The van der Waals surface area contributed by atoms with Gasteiger partial charge in [0.2, 0.25) is 0 Å². The summed E-state index contributed by atoms with van der Waals surface area (Å²) in [7, 11) is 0. The van der Waals surface area contributed by atoms with Crippen molar-refractivity contribution in [3.8, 4) is 0 Å². The fraction of sp³-hybridized carbons (Fsp3) is 0.273. The highest BCUT2D eigenvalue weighted by Crippen LogP contribution is 2.32. The van der Waals surface area contributed by atoms with Crippen molar-refractivity contribution in [3.63, 3.8) is 0 Å². The van der Waals surface area contributed by atoms with Gasteiger partial charge in [-0.05, 0) is 68.1 Å². The molecule has 1 aliphatic heterocycles. The zero-order chi connectivity index (χ0) is 21.4. The van der Waals surface area contributed by atoms with E-state index < -0.39 is 24.4 Å². The second-order valence-electron chi connectivity index (χ2n) is 7.45. The summed E-state index contributed by atoms with van der Waals surface area (Å²) in [6.45, 7) is 1.52. The number of esters is 1. The highest BCUT2D eigenvalue weighted by Gasteiger charge is 2.37. The topological polar surface area (TPSA) is 92.8 Å². The first kappa shape index (κ1) is 20.1.